The van der Waals surface area contributed by atoms with Crippen LogP contribution < -0.4 is 5.32 Å². The Morgan fingerprint density at radius 1 is 1.11 bits per heavy atom. The first kappa shape index (κ1) is 16.9. The SMILES string of the molecule is CCN(CC)CCNCCN1CCC(C(C)C)CC1. The summed E-state index contributed by atoms with van der Waals surface area (Å²) in [5.74, 6) is 1.83. The average Bonchev–Trinajstić information content (AvgIpc) is 2.43. The fourth-order valence-corrected chi connectivity index (χ4v) is 2.98. The van der Waals surface area contributed by atoms with Gasteiger partial charge in [-0.15, -0.1) is 0 Å². The van der Waals surface area contributed by atoms with E-state index >= 15 is 0 Å². The number of likely N-dealkylation sites (N-methyl/N-ethyl adjacent to an activating group) is 1. The van der Waals surface area contributed by atoms with Crippen molar-refractivity contribution in [2.45, 2.75) is 40.5 Å². The quantitative estimate of drug-likeness (QED) is 0.648. The van der Waals surface area contributed by atoms with Crippen LogP contribution in [0.5, 0.6) is 0 Å². The molecule has 3 nitrogen and oxygen atoms in total. The number of piperidine rings is 1. The fourth-order valence-electron chi connectivity index (χ4n) is 2.98. The molecule has 1 fully saturated rings. The Kier molecular flexibility index (Phi) is 8.67. The van der Waals surface area contributed by atoms with Gasteiger partial charge < -0.3 is 15.1 Å². The largest absolute Gasteiger partial charge is 0.314 e. The van der Waals surface area contributed by atoms with Crippen LogP contribution in [0.1, 0.15) is 40.5 Å². The summed E-state index contributed by atoms with van der Waals surface area (Å²) in [4.78, 5) is 5.10. The lowest BCUT2D eigenvalue weighted by atomic mass is 9.87. The van der Waals surface area contributed by atoms with Gasteiger partial charge in [-0.3, -0.25) is 0 Å². The molecule has 3 heteroatoms. The van der Waals surface area contributed by atoms with Crippen LogP contribution >= 0.6 is 0 Å². The van der Waals surface area contributed by atoms with E-state index in [1.165, 1.54) is 52.1 Å². The zero-order chi connectivity index (χ0) is 14.1. The van der Waals surface area contributed by atoms with Gasteiger partial charge in [-0.25, -0.2) is 0 Å². The van der Waals surface area contributed by atoms with E-state index in [4.69, 9.17) is 0 Å². The molecule has 1 aliphatic rings. The summed E-state index contributed by atoms with van der Waals surface area (Å²) < 4.78 is 0. The minimum Gasteiger partial charge on any atom is -0.314 e. The van der Waals surface area contributed by atoms with E-state index < -0.39 is 0 Å². The molecule has 0 unspecified atom stereocenters. The lowest BCUT2D eigenvalue weighted by Gasteiger charge is -2.33. The smallest absolute Gasteiger partial charge is 0.0107 e. The second-order valence-corrected chi connectivity index (χ2v) is 6.20. The number of likely N-dealkylation sites (tertiary alicyclic amines) is 1. The predicted molar refractivity (Wildman–Crippen MR) is 84.7 cm³/mol. The van der Waals surface area contributed by atoms with Crippen LogP contribution in [-0.2, 0) is 0 Å². The molecule has 114 valence electrons. The van der Waals surface area contributed by atoms with Crippen molar-refractivity contribution in [3.05, 3.63) is 0 Å². The molecule has 1 aliphatic heterocycles. The Morgan fingerprint density at radius 3 is 2.26 bits per heavy atom. The highest BCUT2D eigenvalue weighted by atomic mass is 15.2. The molecule has 0 aromatic rings. The maximum atomic E-state index is 3.58. The van der Waals surface area contributed by atoms with Crippen molar-refractivity contribution in [2.75, 3.05) is 52.4 Å². The van der Waals surface area contributed by atoms with Gasteiger partial charge in [0.05, 0.1) is 0 Å². The molecule has 1 heterocycles. The average molecular weight is 269 g/mol. The van der Waals surface area contributed by atoms with Gasteiger partial charge in [0, 0.05) is 26.2 Å². The van der Waals surface area contributed by atoms with Crippen LogP contribution in [0, 0.1) is 11.8 Å². The van der Waals surface area contributed by atoms with Crippen molar-refractivity contribution < 1.29 is 0 Å². The molecule has 0 radical (unpaired) electrons. The number of nitrogens with one attached hydrogen (secondary N) is 1. The third kappa shape index (κ3) is 6.73. The van der Waals surface area contributed by atoms with Gasteiger partial charge in [-0.1, -0.05) is 27.7 Å². The molecule has 0 aromatic heterocycles. The van der Waals surface area contributed by atoms with E-state index in [1.807, 2.05) is 0 Å². The summed E-state index contributed by atoms with van der Waals surface area (Å²) >= 11 is 0. The van der Waals surface area contributed by atoms with Gasteiger partial charge in [0.2, 0.25) is 0 Å². The molecule has 19 heavy (non-hydrogen) atoms. The lowest BCUT2D eigenvalue weighted by Crippen LogP contribution is -2.40. The van der Waals surface area contributed by atoms with Crippen LogP contribution in [0.25, 0.3) is 0 Å². The summed E-state index contributed by atoms with van der Waals surface area (Å²) in [7, 11) is 0. The molecule has 0 spiro atoms. The summed E-state index contributed by atoms with van der Waals surface area (Å²) in [6, 6.07) is 0. The molecule has 1 N–H and O–H groups in total. The van der Waals surface area contributed by atoms with Crippen LogP contribution in [0.15, 0.2) is 0 Å². The van der Waals surface area contributed by atoms with Gasteiger partial charge >= 0.3 is 0 Å². The topological polar surface area (TPSA) is 18.5 Å². The van der Waals surface area contributed by atoms with Crippen LogP contribution in [0.4, 0.5) is 0 Å². The van der Waals surface area contributed by atoms with Crippen molar-refractivity contribution in [1.29, 1.82) is 0 Å². The van der Waals surface area contributed by atoms with Gasteiger partial charge in [-0.2, -0.15) is 0 Å². The normalized spacial score (nSPS) is 18.6. The molecule has 0 amide bonds. The fraction of sp³-hybridized carbons (Fsp3) is 1.00. The second-order valence-electron chi connectivity index (χ2n) is 6.20. The van der Waals surface area contributed by atoms with Gasteiger partial charge in [-0.05, 0) is 50.9 Å². The maximum Gasteiger partial charge on any atom is 0.0107 e. The Labute approximate surface area is 120 Å². The summed E-state index contributed by atoms with van der Waals surface area (Å²) in [5, 5.41) is 3.58. The Balaban J connectivity index is 1.99. The minimum absolute atomic E-state index is 0.870. The van der Waals surface area contributed by atoms with E-state index in [0.717, 1.165) is 24.9 Å². The predicted octanol–water partition coefficient (Wildman–Crippen LogP) is 2.29. The first-order valence-electron chi connectivity index (χ1n) is 8.32. The molecule has 0 bridgehead atoms. The summed E-state index contributed by atoms with van der Waals surface area (Å²) in [6.07, 6.45) is 2.80. The number of hydrogen-bond donors (Lipinski definition) is 1. The van der Waals surface area contributed by atoms with Gasteiger partial charge in [0.25, 0.3) is 0 Å². The summed E-state index contributed by atoms with van der Waals surface area (Å²) in [5.41, 5.74) is 0. The lowest BCUT2D eigenvalue weighted by molar-refractivity contribution is 0.158. The van der Waals surface area contributed by atoms with Crippen LogP contribution in [-0.4, -0.2) is 62.2 Å². The molecule has 1 rings (SSSR count). The van der Waals surface area contributed by atoms with Crippen molar-refractivity contribution >= 4 is 0 Å². The van der Waals surface area contributed by atoms with Gasteiger partial charge in [0.15, 0.2) is 0 Å². The van der Waals surface area contributed by atoms with E-state index in [2.05, 4.69) is 42.8 Å². The Morgan fingerprint density at radius 2 is 1.74 bits per heavy atom. The Hall–Kier alpha value is -0.120. The van der Waals surface area contributed by atoms with E-state index in [9.17, 15) is 0 Å². The summed E-state index contributed by atoms with van der Waals surface area (Å²) in [6.45, 7) is 18.8. The third-order valence-corrected chi connectivity index (χ3v) is 4.68. The third-order valence-electron chi connectivity index (χ3n) is 4.68. The minimum atomic E-state index is 0.870. The molecular weight excluding hydrogens is 234 g/mol. The molecule has 0 aliphatic carbocycles. The first-order chi connectivity index (χ1) is 9.17. The standard InChI is InChI=1S/C16H35N3/c1-5-18(6-2)13-9-17-10-14-19-11-7-16(8-12-19)15(3)4/h15-17H,5-14H2,1-4H3. The second kappa shape index (κ2) is 9.73. The van der Waals surface area contributed by atoms with Crippen LogP contribution in [0.3, 0.4) is 0 Å². The van der Waals surface area contributed by atoms with Crippen molar-refractivity contribution in [3.63, 3.8) is 0 Å². The molecule has 1 saturated heterocycles. The Bertz CT molecular complexity index is 206. The van der Waals surface area contributed by atoms with Gasteiger partial charge in [0.1, 0.15) is 0 Å². The first-order valence-corrected chi connectivity index (χ1v) is 8.32. The van der Waals surface area contributed by atoms with E-state index in [1.54, 1.807) is 0 Å². The zero-order valence-corrected chi connectivity index (χ0v) is 13.6. The zero-order valence-electron chi connectivity index (χ0n) is 13.6. The van der Waals surface area contributed by atoms with E-state index in [0.29, 0.717) is 0 Å². The molecular formula is C16H35N3. The monoisotopic (exact) mass is 269 g/mol. The molecule has 0 aromatic carbocycles. The maximum absolute atomic E-state index is 3.58. The van der Waals surface area contributed by atoms with Crippen LogP contribution in [0.2, 0.25) is 0 Å². The van der Waals surface area contributed by atoms with E-state index in [-0.39, 0.29) is 0 Å². The highest BCUT2D eigenvalue weighted by molar-refractivity contribution is 4.74. The highest BCUT2D eigenvalue weighted by Gasteiger charge is 2.20. The van der Waals surface area contributed by atoms with Crippen molar-refractivity contribution in [1.82, 2.24) is 15.1 Å². The van der Waals surface area contributed by atoms with Crippen molar-refractivity contribution in [2.24, 2.45) is 11.8 Å². The highest BCUT2D eigenvalue weighted by Crippen LogP contribution is 2.23. The molecule has 0 saturated carbocycles. The number of nitrogens with zero attached hydrogens (tertiary/aromatic N) is 2. The number of hydrogen-bond acceptors (Lipinski definition) is 3. The van der Waals surface area contributed by atoms with Crippen molar-refractivity contribution in [3.8, 4) is 0 Å². The molecule has 0 atom stereocenters. The number of rotatable bonds is 9.